The van der Waals surface area contributed by atoms with Crippen LogP contribution in [0.1, 0.15) is 65.2 Å². The van der Waals surface area contributed by atoms with Crippen molar-refractivity contribution < 1.29 is 9.47 Å². The minimum atomic E-state index is -0.229. The summed E-state index contributed by atoms with van der Waals surface area (Å²) in [5.74, 6) is 3.37. The van der Waals surface area contributed by atoms with E-state index >= 15 is 0 Å². The van der Waals surface area contributed by atoms with Crippen LogP contribution < -0.4 is 0 Å². The highest BCUT2D eigenvalue weighted by molar-refractivity contribution is 5.14. The fourth-order valence-electron chi connectivity index (χ4n) is 7.72. The Morgan fingerprint density at radius 3 is 2.48 bits per heavy atom. The fraction of sp³-hybridized carbons (Fsp3) is 0.905. The average Bonchev–Trinajstić information content (AvgIpc) is 3.14. The molecule has 0 aromatic rings. The predicted molar refractivity (Wildman–Crippen MR) is 90.9 cm³/mol. The lowest BCUT2D eigenvalue weighted by Gasteiger charge is -2.60. The zero-order valence-corrected chi connectivity index (χ0v) is 14.9. The van der Waals surface area contributed by atoms with E-state index in [1.807, 2.05) is 0 Å². The minimum Gasteiger partial charge on any atom is -0.347 e. The van der Waals surface area contributed by atoms with Crippen LogP contribution in [0.15, 0.2) is 12.2 Å². The van der Waals surface area contributed by atoms with Crippen LogP contribution in [0.4, 0.5) is 0 Å². The lowest BCUT2D eigenvalue weighted by molar-refractivity contribution is -0.246. The summed E-state index contributed by atoms with van der Waals surface area (Å²) < 4.78 is 12.5. The van der Waals surface area contributed by atoms with Crippen molar-refractivity contribution in [1.82, 2.24) is 0 Å². The van der Waals surface area contributed by atoms with Crippen LogP contribution in [-0.2, 0) is 9.47 Å². The topological polar surface area (TPSA) is 18.5 Å². The second-order valence-corrected chi connectivity index (χ2v) is 9.51. The molecule has 5 aliphatic rings. The number of ether oxygens (including phenoxy) is 2. The van der Waals surface area contributed by atoms with Crippen molar-refractivity contribution in [3.8, 4) is 0 Å². The van der Waals surface area contributed by atoms with Gasteiger partial charge in [0.05, 0.1) is 13.2 Å². The summed E-state index contributed by atoms with van der Waals surface area (Å²) in [6.45, 7) is 6.73. The maximum Gasteiger partial charge on any atom is 0.174 e. The molecule has 0 aromatic heterocycles. The first-order chi connectivity index (χ1) is 11.1. The SMILES string of the molecule is C[C@]12CC=CC[C@@H]1CC[C@@H]1[C@H]3CCC4(OCCO4)[C@@]3(C)CC[C@@H]12. The summed E-state index contributed by atoms with van der Waals surface area (Å²) in [6, 6.07) is 0. The molecule has 0 amide bonds. The molecule has 1 spiro atoms. The van der Waals surface area contributed by atoms with Gasteiger partial charge in [-0.05, 0) is 74.0 Å². The summed E-state index contributed by atoms with van der Waals surface area (Å²) >= 11 is 0. The van der Waals surface area contributed by atoms with Crippen LogP contribution in [0.5, 0.6) is 0 Å². The highest BCUT2D eigenvalue weighted by Gasteiger charge is 2.66. The van der Waals surface area contributed by atoms with Crippen molar-refractivity contribution in [2.24, 2.45) is 34.5 Å². The average molecular weight is 316 g/mol. The van der Waals surface area contributed by atoms with Crippen molar-refractivity contribution in [2.75, 3.05) is 13.2 Å². The van der Waals surface area contributed by atoms with Gasteiger partial charge >= 0.3 is 0 Å². The summed E-state index contributed by atoms with van der Waals surface area (Å²) in [4.78, 5) is 0. The van der Waals surface area contributed by atoms with Gasteiger partial charge in [0.2, 0.25) is 0 Å². The van der Waals surface area contributed by atoms with E-state index in [-0.39, 0.29) is 11.2 Å². The van der Waals surface area contributed by atoms with E-state index in [4.69, 9.17) is 9.47 Å². The Kier molecular flexibility index (Phi) is 3.15. The summed E-state index contributed by atoms with van der Waals surface area (Å²) in [5, 5.41) is 0. The maximum absolute atomic E-state index is 6.25. The largest absolute Gasteiger partial charge is 0.347 e. The lowest BCUT2D eigenvalue weighted by Crippen LogP contribution is -2.56. The first kappa shape index (κ1) is 15.0. The van der Waals surface area contributed by atoms with E-state index in [1.165, 1.54) is 44.9 Å². The van der Waals surface area contributed by atoms with Gasteiger partial charge < -0.3 is 9.47 Å². The van der Waals surface area contributed by atoms with Gasteiger partial charge in [0.15, 0.2) is 5.79 Å². The second kappa shape index (κ2) is 4.85. The number of hydrogen-bond acceptors (Lipinski definition) is 2. The maximum atomic E-state index is 6.25. The zero-order chi connectivity index (χ0) is 15.7. The van der Waals surface area contributed by atoms with Crippen LogP contribution >= 0.6 is 0 Å². The molecule has 3 saturated carbocycles. The molecule has 2 nitrogen and oxygen atoms in total. The van der Waals surface area contributed by atoms with Crippen molar-refractivity contribution >= 4 is 0 Å². The third-order valence-electron chi connectivity index (χ3n) is 9.01. The summed E-state index contributed by atoms with van der Waals surface area (Å²) in [7, 11) is 0. The second-order valence-electron chi connectivity index (χ2n) is 9.51. The predicted octanol–water partition coefficient (Wildman–Crippen LogP) is 4.94. The Balaban J connectivity index is 1.48. The third kappa shape index (κ3) is 1.78. The van der Waals surface area contributed by atoms with Gasteiger partial charge in [-0.1, -0.05) is 26.0 Å². The van der Waals surface area contributed by atoms with Crippen molar-refractivity contribution in [3.05, 3.63) is 12.2 Å². The van der Waals surface area contributed by atoms with E-state index in [0.29, 0.717) is 5.41 Å². The number of hydrogen-bond donors (Lipinski definition) is 0. The van der Waals surface area contributed by atoms with Gasteiger partial charge in [-0.3, -0.25) is 0 Å². The standard InChI is InChI=1S/C21H32O2/c1-19-10-4-3-5-15(19)6-7-16-17(19)8-11-20(2)18(16)9-12-21(20)22-13-14-23-21/h3-4,15-18H,5-14H2,1-2H3/t15-,16+,17+,18-,19+,20+/m1/s1. The third-order valence-corrected chi connectivity index (χ3v) is 9.01. The molecule has 0 radical (unpaired) electrons. The Morgan fingerprint density at radius 2 is 1.65 bits per heavy atom. The van der Waals surface area contributed by atoms with Crippen molar-refractivity contribution in [1.29, 1.82) is 0 Å². The van der Waals surface area contributed by atoms with Crippen LogP contribution in [0.25, 0.3) is 0 Å². The van der Waals surface area contributed by atoms with Crippen molar-refractivity contribution in [3.63, 3.8) is 0 Å². The fourth-order valence-corrected chi connectivity index (χ4v) is 7.72. The molecule has 1 aliphatic heterocycles. The van der Waals surface area contributed by atoms with Gasteiger partial charge in [-0.25, -0.2) is 0 Å². The molecule has 23 heavy (non-hydrogen) atoms. The molecule has 2 heteroatoms. The van der Waals surface area contributed by atoms with Gasteiger partial charge in [0, 0.05) is 11.8 Å². The Morgan fingerprint density at radius 1 is 0.870 bits per heavy atom. The highest BCUT2D eigenvalue weighted by Crippen LogP contribution is 2.69. The Hall–Kier alpha value is -0.340. The first-order valence-corrected chi connectivity index (χ1v) is 10.0. The van der Waals surface area contributed by atoms with E-state index < -0.39 is 0 Å². The summed E-state index contributed by atoms with van der Waals surface area (Å²) in [5.41, 5.74) is 0.824. The first-order valence-electron chi connectivity index (χ1n) is 10.0. The molecule has 0 N–H and O–H groups in total. The molecular weight excluding hydrogens is 284 g/mol. The molecule has 1 saturated heterocycles. The van der Waals surface area contributed by atoms with Crippen LogP contribution in [0.2, 0.25) is 0 Å². The molecule has 128 valence electrons. The Labute approximate surface area is 141 Å². The molecule has 1 heterocycles. The monoisotopic (exact) mass is 316 g/mol. The molecule has 4 fully saturated rings. The highest BCUT2D eigenvalue weighted by atomic mass is 16.7. The Bertz CT molecular complexity index is 520. The molecule has 0 aromatic carbocycles. The smallest absolute Gasteiger partial charge is 0.174 e. The molecule has 5 rings (SSSR count). The van der Waals surface area contributed by atoms with Gasteiger partial charge in [0.1, 0.15) is 0 Å². The minimum absolute atomic E-state index is 0.229. The molecule has 0 unspecified atom stereocenters. The number of allylic oxidation sites excluding steroid dienone is 2. The van der Waals surface area contributed by atoms with E-state index in [9.17, 15) is 0 Å². The van der Waals surface area contributed by atoms with E-state index in [0.717, 1.165) is 43.3 Å². The number of rotatable bonds is 0. The quantitative estimate of drug-likeness (QED) is 0.589. The molecule has 6 atom stereocenters. The van der Waals surface area contributed by atoms with E-state index in [2.05, 4.69) is 26.0 Å². The van der Waals surface area contributed by atoms with Crippen LogP contribution in [-0.4, -0.2) is 19.0 Å². The van der Waals surface area contributed by atoms with Gasteiger partial charge in [-0.2, -0.15) is 0 Å². The van der Waals surface area contributed by atoms with Gasteiger partial charge in [-0.15, -0.1) is 0 Å². The zero-order valence-electron chi connectivity index (χ0n) is 14.9. The van der Waals surface area contributed by atoms with Crippen LogP contribution in [0, 0.1) is 34.5 Å². The molecule has 0 bridgehead atoms. The van der Waals surface area contributed by atoms with E-state index in [1.54, 1.807) is 0 Å². The normalized spacial score (nSPS) is 53.8. The van der Waals surface area contributed by atoms with Crippen molar-refractivity contribution in [2.45, 2.75) is 71.0 Å². The lowest BCUT2D eigenvalue weighted by atomic mass is 9.45. The van der Waals surface area contributed by atoms with Crippen LogP contribution in [0.3, 0.4) is 0 Å². The molecule has 4 aliphatic carbocycles. The number of fused-ring (bicyclic) bond motifs is 6. The molecular formula is C21H32O2. The van der Waals surface area contributed by atoms with Gasteiger partial charge in [0.25, 0.3) is 0 Å². The summed E-state index contributed by atoms with van der Waals surface area (Å²) in [6.07, 6.45) is 15.6.